The van der Waals surface area contributed by atoms with Crippen molar-refractivity contribution in [1.82, 2.24) is 10.3 Å². The largest absolute Gasteiger partial charge is 0.391 e. The molecule has 26 heavy (non-hydrogen) atoms. The van der Waals surface area contributed by atoms with Crippen LogP contribution in [0.4, 0.5) is 13.2 Å². The van der Waals surface area contributed by atoms with Crippen molar-refractivity contribution in [3.8, 4) is 0 Å². The van der Waals surface area contributed by atoms with Crippen LogP contribution in [0.15, 0.2) is 48.7 Å². The Hall–Kier alpha value is -2.76. The van der Waals surface area contributed by atoms with Crippen molar-refractivity contribution in [1.29, 1.82) is 0 Å². The number of amides is 1. The van der Waals surface area contributed by atoms with Crippen molar-refractivity contribution in [3.63, 3.8) is 0 Å². The first-order chi connectivity index (χ1) is 12.2. The van der Waals surface area contributed by atoms with Crippen LogP contribution in [0.1, 0.15) is 39.5 Å². The van der Waals surface area contributed by atoms with Crippen LogP contribution in [-0.2, 0) is 0 Å². The molecule has 1 aromatic heterocycles. The summed E-state index contributed by atoms with van der Waals surface area (Å²) in [7, 11) is 0. The number of benzene rings is 2. The molecule has 0 spiro atoms. The fourth-order valence-electron chi connectivity index (χ4n) is 2.98. The number of carbonyl (C=O) groups excluding carboxylic acids is 1. The van der Waals surface area contributed by atoms with E-state index >= 15 is 0 Å². The molecule has 1 amide bonds. The highest BCUT2D eigenvalue weighted by Gasteiger charge is 2.34. The molecule has 2 aromatic carbocycles. The number of halogens is 3. The second-order valence-corrected chi connectivity index (χ2v) is 6.43. The minimum Gasteiger partial charge on any atom is -0.361 e. The van der Waals surface area contributed by atoms with E-state index in [1.54, 1.807) is 42.5 Å². The van der Waals surface area contributed by atoms with Gasteiger partial charge in [0.2, 0.25) is 0 Å². The van der Waals surface area contributed by atoms with Crippen molar-refractivity contribution in [3.05, 3.63) is 70.9 Å². The van der Waals surface area contributed by atoms with Gasteiger partial charge in [0.1, 0.15) is 0 Å². The molecule has 3 nitrogen and oxygen atoms in total. The Labute approximate surface area is 149 Å². The summed E-state index contributed by atoms with van der Waals surface area (Å²) in [6.07, 6.45) is -4.01. The maximum absolute atomic E-state index is 13.1. The zero-order chi connectivity index (χ0) is 18.9. The van der Waals surface area contributed by atoms with Crippen LogP contribution in [-0.4, -0.2) is 17.1 Å². The highest BCUT2D eigenvalue weighted by molar-refractivity contribution is 5.95. The molecular weight excluding hydrogens is 341 g/mol. The zero-order valence-electron chi connectivity index (χ0n) is 14.4. The van der Waals surface area contributed by atoms with Crippen LogP contribution in [0.25, 0.3) is 10.9 Å². The fraction of sp³-hybridized carbons (Fsp3) is 0.250. The molecule has 0 aliphatic carbocycles. The molecule has 3 rings (SSSR count). The van der Waals surface area contributed by atoms with Crippen molar-refractivity contribution in [2.45, 2.75) is 32.5 Å². The SMILES string of the molecule is Cc1ccc(C(=O)N[C@H](CC(F)(F)F)c2c[nH]c3ccccc23)cc1C. The number of H-pyrrole nitrogens is 1. The molecule has 2 N–H and O–H groups in total. The second-order valence-electron chi connectivity index (χ2n) is 6.43. The highest BCUT2D eigenvalue weighted by Crippen LogP contribution is 2.33. The molecule has 0 aliphatic rings. The normalized spacial score (nSPS) is 13.0. The number of alkyl halides is 3. The number of rotatable bonds is 4. The third-order valence-electron chi connectivity index (χ3n) is 4.51. The van der Waals surface area contributed by atoms with Gasteiger partial charge >= 0.3 is 6.18 Å². The summed E-state index contributed by atoms with van der Waals surface area (Å²) < 4.78 is 39.3. The number of aryl methyl sites for hydroxylation is 2. The molecule has 0 saturated heterocycles. The molecule has 0 radical (unpaired) electrons. The summed E-state index contributed by atoms with van der Waals surface area (Å²) in [6.45, 7) is 3.77. The lowest BCUT2D eigenvalue weighted by molar-refractivity contribution is -0.139. The van der Waals surface area contributed by atoms with Gasteiger partial charge in [0.15, 0.2) is 0 Å². The predicted octanol–water partition coefficient (Wildman–Crippen LogP) is 5.21. The van der Waals surface area contributed by atoms with Gasteiger partial charge in [-0.1, -0.05) is 24.3 Å². The highest BCUT2D eigenvalue weighted by atomic mass is 19.4. The van der Waals surface area contributed by atoms with E-state index < -0.39 is 24.5 Å². The number of carbonyl (C=O) groups is 1. The number of hydrogen-bond donors (Lipinski definition) is 2. The van der Waals surface area contributed by atoms with Gasteiger partial charge in [-0.3, -0.25) is 4.79 Å². The van der Waals surface area contributed by atoms with Crippen molar-refractivity contribution >= 4 is 16.8 Å². The molecule has 1 heterocycles. The number of fused-ring (bicyclic) bond motifs is 1. The molecule has 0 saturated carbocycles. The van der Waals surface area contributed by atoms with E-state index in [4.69, 9.17) is 0 Å². The third-order valence-corrected chi connectivity index (χ3v) is 4.51. The van der Waals surface area contributed by atoms with Crippen LogP contribution in [0.5, 0.6) is 0 Å². The van der Waals surface area contributed by atoms with Gasteiger partial charge in [0, 0.05) is 28.2 Å². The molecular formula is C20H19F3N2O. The lowest BCUT2D eigenvalue weighted by atomic mass is 10.0. The van der Waals surface area contributed by atoms with Crippen molar-refractivity contribution < 1.29 is 18.0 Å². The molecule has 0 bridgehead atoms. The Kier molecular flexibility index (Phi) is 4.76. The average Bonchev–Trinajstić information content (AvgIpc) is 2.99. The van der Waals surface area contributed by atoms with Crippen LogP contribution < -0.4 is 5.32 Å². The van der Waals surface area contributed by atoms with Gasteiger partial charge in [0.25, 0.3) is 5.91 Å². The summed E-state index contributed by atoms with van der Waals surface area (Å²) >= 11 is 0. The summed E-state index contributed by atoms with van der Waals surface area (Å²) in [5.41, 5.74) is 3.44. The summed E-state index contributed by atoms with van der Waals surface area (Å²) in [6, 6.07) is 11.0. The number of aromatic amines is 1. The minimum atomic E-state index is -4.40. The van der Waals surface area contributed by atoms with E-state index in [1.165, 1.54) is 6.20 Å². The molecule has 6 heteroatoms. The minimum absolute atomic E-state index is 0.347. The van der Waals surface area contributed by atoms with E-state index in [2.05, 4.69) is 10.3 Å². The monoisotopic (exact) mass is 360 g/mol. The van der Waals surface area contributed by atoms with E-state index in [0.717, 1.165) is 16.6 Å². The molecule has 1 atom stereocenters. The van der Waals surface area contributed by atoms with Gasteiger partial charge in [-0.2, -0.15) is 13.2 Å². The Balaban J connectivity index is 1.94. The van der Waals surface area contributed by atoms with Gasteiger partial charge in [-0.25, -0.2) is 0 Å². The van der Waals surface area contributed by atoms with E-state index in [1.807, 2.05) is 13.8 Å². The fourth-order valence-corrected chi connectivity index (χ4v) is 2.98. The van der Waals surface area contributed by atoms with Crippen LogP contribution in [0.3, 0.4) is 0 Å². The average molecular weight is 360 g/mol. The van der Waals surface area contributed by atoms with E-state index in [-0.39, 0.29) is 0 Å². The Bertz CT molecular complexity index is 944. The Morgan fingerprint density at radius 2 is 1.85 bits per heavy atom. The first-order valence-electron chi connectivity index (χ1n) is 8.25. The summed E-state index contributed by atoms with van der Waals surface area (Å²) in [5, 5.41) is 3.22. The van der Waals surface area contributed by atoms with E-state index in [0.29, 0.717) is 16.5 Å². The van der Waals surface area contributed by atoms with Crippen molar-refractivity contribution in [2.75, 3.05) is 0 Å². The van der Waals surface area contributed by atoms with Crippen LogP contribution in [0, 0.1) is 13.8 Å². The topological polar surface area (TPSA) is 44.9 Å². The van der Waals surface area contributed by atoms with Crippen LogP contribution in [0.2, 0.25) is 0 Å². The quantitative estimate of drug-likeness (QED) is 0.659. The predicted molar refractivity (Wildman–Crippen MR) is 95.1 cm³/mol. The molecule has 0 unspecified atom stereocenters. The lowest BCUT2D eigenvalue weighted by Gasteiger charge is -2.20. The Morgan fingerprint density at radius 1 is 1.12 bits per heavy atom. The maximum atomic E-state index is 13.1. The smallest absolute Gasteiger partial charge is 0.361 e. The van der Waals surface area contributed by atoms with Gasteiger partial charge in [0.05, 0.1) is 12.5 Å². The standard InChI is InChI=1S/C20H19F3N2O/c1-12-7-8-14(9-13(12)2)19(26)25-18(10-20(21,22)23)16-11-24-17-6-4-3-5-15(16)17/h3-9,11,18,24H,10H2,1-2H3,(H,25,26)/t18-/m1/s1. The van der Waals surface area contributed by atoms with Gasteiger partial charge in [-0.05, 0) is 43.2 Å². The number of para-hydroxylation sites is 1. The second kappa shape index (κ2) is 6.86. The molecule has 136 valence electrons. The third kappa shape index (κ3) is 3.90. The van der Waals surface area contributed by atoms with Crippen molar-refractivity contribution in [2.24, 2.45) is 0 Å². The summed E-state index contributed by atoms with van der Waals surface area (Å²) in [5.74, 6) is -0.521. The molecule has 3 aromatic rings. The number of hydrogen-bond acceptors (Lipinski definition) is 1. The number of nitrogens with one attached hydrogen (secondary N) is 2. The first kappa shape index (κ1) is 18.0. The lowest BCUT2D eigenvalue weighted by Crippen LogP contribution is -2.32. The van der Waals surface area contributed by atoms with E-state index in [9.17, 15) is 18.0 Å². The molecule has 0 aliphatic heterocycles. The maximum Gasteiger partial charge on any atom is 0.391 e. The summed E-state index contributed by atoms with van der Waals surface area (Å²) in [4.78, 5) is 15.5. The van der Waals surface area contributed by atoms with Crippen LogP contribution >= 0.6 is 0 Å². The van der Waals surface area contributed by atoms with Gasteiger partial charge < -0.3 is 10.3 Å². The molecule has 0 fully saturated rings. The number of aromatic nitrogens is 1. The Morgan fingerprint density at radius 3 is 2.54 bits per heavy atom. The first-order valence-corrected chi connectivity index (χ1v) is 8.25. The zero-order valence-corrected chi connectivity index (χ0v) is 14.4. The van der Waals surface area contributed by atoms with Gasteiger partial charge in [-0.15, -0.1) is 0 Å².